The van der Waals surface area contributed by atoms with Gasteiger partial charge in [-0.1, -0.05) is 6.07 Å². The minimum atomic E-state index is -4.57. The van der Waals surface area contributed by atoms with Gasteiger partial charge in [0, 0.05) is 10.6 Å². The molecule has 1 N–H and O–H groups in total. The van der Waals surface area contributed by atoms with Crippen molar-refractivity contribution in [3.8, 4) is 5.75 Å². The lowest BCUT2D eigenvalue weighted by Gasteiger charge is -2.09. The van der Waals surface area contributed by atoms with Crippen LogP contribution in [0.1, 0.15) is 11.1 Å². The van der Waals surface area contributed by atoms with E-state index in [1.807, 2.05) is 0 Å². The van der Waals surface area contributed by atoms with Crippen molar-refractivity contribution in [1.82, 2.24) is 0 Å². The normalized spacial score (nSPS) is 11.3. The third kappa shape index (κ3) is 5.16. The van der Waals surface area contributed by atoms with Crippen molar-refractivity contribution in [2.75, 3.05) is 6.61 Å². The van der Waals surface area contributed by atoms with Gasteiger partial charge < -0.3 is 9.84 Å². The number of halogens is 4. The summed E-state index contributed by atoms with van der Waals surface area (Å²) in [6, 6.07) is 8.90. The largest absolute Gasteiger partial charge is 0.482 e. The molecule has 2 aromatic rings. The summed E-state index contributed by atoms with van der Waals surface area (Å²) < 4.78 is 56.1. The molecule has 0 amide bonds. The van der Waals surface area contributed by atoms with Gasteiger partial charge in [0.2, 0.25) is 0 Å². The van der Waals surface area contributed by atoms with Crippen molar-refractivity contribution in [2.24, 2.45) is 0 Å². The molecule has 128 valence electrons. The number of carboxylic acids is 1. The number of hydrogen-bond acceptors (Lipinski definition) is 3. The van der Waals surface area contributed by atoms with Crippen LogP contribution in [0.25, 0.3) is 0 Å². The van der Waals surface area contributed by atoms with E-state index in [4.69, 9.17) is 9.84 Å². The summed E-state index contributed by atoms with van der Waals surface area (Å²) in [4.78, 5) is 11.1. The molecule has 0 fully saturated rings. The maximum absolute atomic E-state index is 13.7. The first-order valence-corrected chi connectivity index (χ1v) is 7.67. The van der Waals surface area contributed by atoms with Crippen LogP contribution in [0.3, 0.4) is 0 Å². The standard InChI is InChI=1S/C16H12F4O3S/c17-14-7-11(16(18,19)20)2-1-10(14)9-24-13-5-3-12(4-6-13)23-8-15(21)22/h1-7H,8-9H2,(H,21,22). The fourth-order valence-electron chi connectivity index (χ4n) is 1.78. The molecule has 2 rings (SSSR count). The van der Waals surface area contributed by atoms with Crippen LogP contribution in [-0.4, -0.2) is 17.7 Å². The van der Waals surface area contributed by atoms with Gasteiger partial charge in [0.25, 0.3) is 0 Å². The molecule has 0 spiro atoms. The van der Waals surface area contributed by atoms with Gasteiger partial charge in [-0.25, -0.2) is 9.18 Å². The highest BCUT2D eigenvalue weighted by Crippen LogP contribution is 2.32. The average Bonchev–Trinajstić information content (AvgIpc) is 2.51. The van der Waals surface area contributed by atoms with Crippen molar-refractivity contribution >= 4 is 17.7 Å². The molecule has 3 nitrogen and oxygen atoms in total. The molecule has 0 aliphatic rings. The zero-order valence-electron chi connectivity index (χ0n) is 12.1. The summed E-state index contributed by atoms with van der Waals surface area (Å²) in [6.07, 6.45) is -4.57. The first-order valence-electron chi connectivity index (χ1n) is 6.69. The number of ether oxygens (including phenoxy) is 1. The maximum Gasteiger partial charge on any atom is 0.416 e. The lowest BCUT2D eigenvalue weighted by atomic mass is 10.1. The molecular formula is C16H12F4O3S. The van der Waals surface area contributed by atoms with E-state index in [2.05, 4.69) is 0 Å². The number of thioether (sulfide) groups is 1. The number of carboxylic acid groups (broad SMARTS) is 1. The van der Waals surface area contributed by atoms with Crippen LogP contribution >= 0.6 is 11.8 Å². The van der Waals surface area contributed by atoms with Crippen LogP contribution in [-0.2, 0) is 16.7 Å². The second-order valence-electron chi connectivity index (χ2n) is 4.75. The smallest absolute Gasteiger partial charge is 0.416 e. The van der Waals surface area contributed by atoms with Crippen LogP contribution in [0.15, 0.2) is 47.4 Å². The van der Waals surface area contributed by atoms with E-state index in [0.717, 1.165) is 17.0 Å². The van der Waals surface area contributed by atoms with Gasteiger partial charge in [-0.2, -0.15) is 13.2 Å². The lowest BCUT2D eigenvalue weighted by Crippen LogP contribution is -2.09. The van der Waals surface area contributed by atoms with E-state index < -0.39 is 30.1 Å². The average molecular weight is 360 g/mol. The predicted octanol–water partition coefficient (Wildman–Crippen LogP) is 4.60. The monoisotopic (exact) mass is 360 g/mol. The van der Waals surface area contributed by atoms with Crippen LogP contribution in [0.2, 0.25) is 0 Å². The van der Waals surface area contributed by atoms with Crippen LogP contribution < -0.4 is 4.74 Å². The SMILES string of the molecule is O=C(O)COc1ccc(SCc2ccc(C(F)(F)F)cc2F)cc1. The first kappa shape index (κ1) is 18.1. The summed E-state index contributed by atoms with van der Waals surface area (Å²) >= 11 is 1.24. The molecule has 0 aliphatic carbocycles. The van der Waals surface area contributed by atoms with E-state index in [9.17, 15) is 22.4 Å². The van der Waals surface area contributed by atoms with Gasteiger partial charge in [-0.15, -0.1) is 11.8 Å². The van der Waals surface area contributed by atoms with Crippen LogP contribution in [0.5, 0.6) is 5.75 Å². The molecule has 0 atom stereocenters. The molecule has 0 bridgehead atoms. The van der Waals surface area contributed by atoms with Gasteiger partial charge in [-0.3, -0.25) is 0 Å². The number of aliphatic carboxylic acids is 1. The highest BCUT2D eigenvalue weighted by Gasteiger charge is 2.31. The van der Waals surface area contributed by atoms with Crippen molar-refractivity contribution < 1.29 is 32.2 Å². The fraction of sp³-hybridized carbons (Fsp3) is 0.188. The molecule has 0 radical (unpaired) electrons. The van der Waals surface area contributed by atoms with E-state index >= 15 is 0 Å². The summed E-state index contributed by atoms with van der Waals surface area (Å²) in [7, 11) is 0. The Kier molecular flexibility index (Phi) is 5.71. The first-order chi connectivity index (χ1) is 11.3. The second-order valence-corrected chi connectivity index (χ2v) is 5.80. The Balaban J connectivity index is 1.97. The molecule has 0 heterocycles. The summed E-state index contributed by atoms with van der Waals surface area (Å²) in [5.41, 5.74) is -0.854. The number of alkyl halides is 3. The van der Waals surface area contributed by atoms with Crippen LogP contribution in [0.4, 0.5) is 17.6 Å². The van der Waals surface area contributed by atoms with E-state index in [1.165, 1.54) is 11.8 Å². The third-order valence-corrected chi connectivity index (χ3v) is 4.02. The van der Waals surface area contributed by atoms with Crippen LogP contribution in [0, 0.1) is 5.82 Å². The minimum absolute atomic E-state index is 0.166. The molecule has 0 saturated heterocycles. The number of carbonyl (C=O) groups is 1. The van der Waals surface area contributed by atoms with E-state index in [-0.39, 0.29) is 11.3 Å². The Hall–Kier alpha value is -2.22. The Morgan fingerprint density at radius 3 is 2.33 bits per heavy atom. The minimum Gasteiger partial charge on any atom is -0.482 e. The van der Waals surface area contributed by atoms with Gasteiger partial charge in [0.1, 0.15) is 11.6 Å². The molecule has 0 aromatic heterocycles. The lowest BCUT2D eigenvalue weighted by molar-refractivity contribution is -0.139. The molecule has 0 aliphatic heterocycles. The molecular weight excluding hydrogens is 348 g/mol. The Morgan fingerprint density at radius 2 is 1.79 bits per heavy atom. The Morgan fingerprint density at radius 1 is 1.12 bits per heavy atom. The molecule has 24 heavy (non-hydrogen) atoms. The zero-order valence-corrected chi connectivity index (χ0v) is 13.0. The highest BCUT2D eigenvalue weighted by atomic mass is 32.2. The Labute approximate surface area is 139 Å². The summed E-state index contributed by atoms with van der Waals surface area (Å²) in [5.74, 6) is -1.45. The molecule has 2 aromatic carbocycles. The Bertz CT molecular complexity index is 714. The summed E-state index contributed by atoms with van der Waals surface area (Å²) in [5, 5.41) is 8.50. The van der Waals surface area contributed by atoms with Gasteiger partial charge in [-0.05, 0) is 42.0 Å². The predicted molar refractivity (Wildman–Crippen MR) is 80.5 cm³/mol. The fourth-order valence-corrected chi connectivity index (χ4v) is 2.66. The number of benzene rings is 2. The molecule has 0 unspecified atom stereocenters. The van der Waals surface area contributed by atoms with Gasteiger partial charge in [0.05, 0.1) is 5.56 Å². The number of hydrogen-bond donors (Lipinski definition) is 1. The summed E-state index contributed by atoms with van der Waals surface area (Å²) in [6.45, 7) is -0.455. The second kappa shape index (κ2) is 7.57. The van der Waals surface area contributed by atoms with Crippen molar-refractivity contribution in [2.45, 2.75) is 16.8 Å². The van der Waals surface area contributed by atoms with E-state index in [0.29, 0.717) is 11.8 Å². The third-order valence-electron chi connectivity index (χ3n) is 2.96. The quantitative estimate of drug-likeness (QED) is 0.604. The number of rotatable bonds is 6. The zero-order chi connectivity index (χ0) is 17.7. The highest BCUT2D eigenvalue weighted by molar-refractivity contribution is 7.98. The molecule has 0 saturated carbocycles. The van der Waals surface area contributed by atoms with Gasteiger partial charge >= 0.3 is 12.1 Å². The van der Waals surface area contributed by atoms with Crippen molar-refractivity contribution in [1.29, 1.82) is 0 Å². The van der Waals surface area contributed by atoms with Gasteiger partial charge in [0.15, 0.2) is 6.61 Å². The topological polar surface area (TPSA) is 46.5 Å². The van der Waals surface area contributed by atoms with Crippen molar-refractivity contribution in [3.63, 3.8) is 0 Å². The van der Waals surface area contributed by atoms with E-state index in [1.54, 1.807) is 24.3 Å². The maximum atomic E-state index is 13.7. The molecule has 8 heteroatoms. The van der Waals surface area contributed by atoms with Crippen molar-refractivity contribution in [3.05, 3.63) is 59.4 Å².